The zero-order valence-electron chi connectivity index (χ0n) is 14.2. The van der Waals surface area contributed by atoms with E-state index in [1.54, 1.807) is 24.3 Å². The second-order valence-electron chi connectivity index (χ2n) is 5.97. The smallest absolute Gasteiger partial charge is 0.268 e. The van der Waals surface area contributed by atoms with Gasteiger partial charge >= 0.3 is 0 Å². The summed E-state index contributed by atoms with van der Waals surface area (Å²) in [4.78, 5) is 2.03. The average molecular weight is 362 g/mol. The number of benzene rings is 2. The van der Waals surface area contributed by atoms with E-state index in [2.05, 4.69) is 0 Å². The molecule has 3 rings (SSSR count). The lowest BCUT2D eigenvalue weighted by atomic mass is 10.1. The zero-order valence-corrected chi connectivity index (χ0v) is 15.0. The molecule has 0 spiro atoms. The fourth-order valence-corrected chi connectivity index (χ4v) is 4.24. The number of ether oxygens (including phenoxy) is 1. The van der Waals surface area contributed by atoms with Crippen LogP contribution in [0.4, 0.5) is 4.39 Å². The molecule has 132 valence electrons. The van der Waals surface area contributed by atoms with Gasteiger partial charge in [0.15, 0.2) is 11.6 Å². The number of methoxy groups -OCH3 is 1. The second kappa shape index (κ2) is 6.50. The van der Waals surface area contributed by atoms with Crippen molar-refractivity contribution in [3.05, 3.63) is 60.0 Å². The summed E-state index contributed by atoms with van der Waals surface area (Å²) in [6, 6.07) is 11.0. The molecular weight excluding hydrogens is 343 g/mol. The highest BCUT2D eigenvalue weighted by Crippen LogP contribution is 2.34. The number of rotatable bonds is 5. The van der Waals surface area contributed by atoms with Crippen LogP contribution in [-0.4, -0.2) is 38.5 Å². The Morgan fingerprint density at radius 1 is 1.16 bits per heavy atom. The van der Waals surface area contributed by atoms with Crippen molar-refractivity contribution in [3.8, 4) is 5.75 Å². The number of fused-ring (bicyclic) bond motifs is 1. The summed E-state index contributed by atoms with van der Waals surface area (Å²) >= 11 is 0. The van der Waals surface area contributed by atoms with Gasteiger partial charge in [-0.1, -0.05) is 18.2 Å². The molecule has 0 N–H and O–H groups in total. The van der Waals surface area contributed by atoms with Gasteiger partial charge in [0, 0.05) is 29.8 Å². The van der Waals surface area contributed by atoms with E-state index < -0.39 is 15.8 Å². The van der Waals surface area contributed by atoms with E-state index >= 15 is 0 Å². The lowest BCUT2D eigenvalue weighted by Crippen LogP contribution is -2.14. The maximum absolute atomic E-state index is 14.5. The van der Waals surface area contributed by atoms with E-state index in [4.69, 9.17) is 4.74 Å². The predicted molar refractivity (Wildman–Crippen MR) is 94.9 cm³/mol. The fraction of sp³-hybridized carbons (Fsp3) is 0.222. The lowest BCUT2D eigenvalue weighted by Gasteiger charge is -2.16. The number of halogens is 1. The van der Waals surface area contributed by atoms with E-state index in [0.29, 0.717) is 23.0 Å². The maximum Gasteiger partial charge on any atom is 0.268 e. The van der Waals surface area contributed by atoms with Crippen molar-refractivity contribution in [1.82, 2.24) is 8.87 Å². The Bertz CT molecular complexity index is 1010. The first-order chi connectivity index (χ1) is 11.9. The van der Waals surface area contributed by atoms with E-state index in [1.807, 2.05) is 19.0 Å². The molecule has 0 unspecified atom stereocenters. The molecule has 5 nitrogen and oxygen atoms in total. The molecule has 0 amide bonds. The summed E-state index contributed by atoms with van der Waals surface area (Å²) in [5.41, 5.74) is 0.906. The Kier molecular flexibility index (Phi) is 4.53. The van der Waals surface area contributed by atoms with Crippen molar-refractivity contribution >= 4 is 20.9 Å². The summed E-state index contributed by atoms with van der Waals surface area (Å²) in [7, 11) is 1.31. The molecule has 0 saturated heterocycles. The zero-order chi connectivity index (χ0) is 18.2. The number of hydrogen-bond donors (Lipinski definition) is 0. The van der Waals surface area contributed by atoms with Crippen molar-refractivity contribution in [1.29, 1.82) is 0 Å². The molecule has 25 heavy (non-hydrogen) atoms. The van der Waals surface area contributed by atoms with Crippen LogP contribution in [0, 0.1) is 5.82 Å². The van der Waals surface area contributed by atoms with Gasteiger partial charge in [-0.2, -0.15) is 0 Å². The van der Waals surface area contributed by atoms with Crippen molar-refractivity contribution in [2.24, 2.45) is 0 Å². The third-order valence-corrected chi connectivity index (χ3v) is 5.65. The van der Waals surface area contributed by atoms with Gasteiger partial charge in [0.05, 0.1) is 17.5 Å². The third-order valence-electron chi connectivity index (χ3n) is 3.95. The minimum Gasteiger partial charge on any atom is -0.493 e. The Hall–Kier alpha value is -2.38. The van der Waals surface area contributed by atoms with Crippen LogP contribution in [-0.2, 0) is 16.6 Å². The summed E-state index contributed by atoms with van der Waals surface area (Å²) in [6.07, 6.45) is 1.45. The quantitative estimate of drug-likeness (QED) is 0.700. The first-order valence-electron chi connectivity index (χ1n) is 7.68. The second-order valence-corrected chi connectivity index (χ2v) is 7.79. The molecule has 1 aromatic heterocycles. The van der Waals surface area contributed by atoms with Gasteiger partial charge in [-0.3, -0.25) is 0 Å². The number of hydrogen-bond acceptors (Lipinski definition) is 4. The minimum absolute atomic E-state index is 0.135. The predicted octanol–water partition coefficient (Wildman–Crippen LogP) is 3.09. The standard InChI is InChI=1S/C18H19FN2O3S/c1-20(2)12-15-14-9-10-21(17(14)11-16(19)18(15)24-3)25(22,23)13-7-5-4-6-8-13/h4-11H,12H2,1-3H3. The molecule has 1 heterocycles. The molecule has 0 fully saturated rings. The maximum atomic E-state index is 14.5. The summed E-state index contributed by atoms with van der Waals surface area (Å²) in [5, 5.41) is 0.645. The molecular formula is C18H19FN2O3S. The van der Waals surface area contributed by atoms with Crippen molar-refractivity contribution in [3.63, 3.8) is 0 Å². The van der Waals surface area contributed by atoms with Gasteiger partial charge in [-0.15, -0.1) is 0 Å². The highest BCUT2D eigenvalue weighted by molar-refractivity contribution is 7.90. The van der Waals surface area contributed by atoms with Crippen LogP contribution >= 0.6 is 0 Å². The van der Waals surface area contributed by atoms with Crippen LogP contribution in [0.5, 0.6) is 5.75 Å². The van der Waals surface area contributed by atoms with Gasteiger partial charge < -0.3 is 9.64 Å². The molecule has 0 radical (unpaired) electrons. The summed E-state index contributed by atoms with van der Waals surface area (Å²) in [5.74, 6) is -0.453. The molecule has 0 aliphatic rings. The van der Waals surface area contributed by atoms with Crippen molar-refractivity contribution in [2.45, 2.75) is 11.4 Å². The highest BCUT2D eigenvalue weighted by atomic mass is 32.2. The van der Waals surface area contributed by atoms with Gasteiger partial charge in [0.1, 0.15) is 0 Å². The molecule has 0 aliphatic heterocycles. The van der Waals surface area contributed by atoms with Gasteiger partial charge in [-0.05, 0) is 32.3 Å². The molecule has 0 atom stereocenters. The normalized spacial score (nSPS) is 12.0. The molecule has 0 saturated carbocycles. The van der Waals surface area contributed by atoms with Gasteiger partial charge in [0.2, 0.25) is 0 Å². The molecule has 0 bridgehead atoms. The number of nitrogens with zero attached hydrogens (tertiary/aromatic N) is 2. The van der Waals surface area contributed by atoms with Crippen LogP contribution in [0.1, 0.15) is 5.56 Å². The Morgan fingerprint density at radius 2 is 1.84 bits per heavy atom. The molecule has 0 aliphatic carbocycles. The van der Waals surface area contributed by atoms with Crippen LogP contribution in [0.2, 0.25) is 0 Å². The highest BCUT2D eigenvalue weighted by Gasteiger charge is 2.23. The van der Waals surface area contributed by atoms with E-state index in [-0.39, 0.29) is 10.6 Å². The fourth-order valence-electron chi connectivity index (χ4n) is 2.88. The van der Waals surface area contributed by atoms with Gasteiger partial charge in [-0.25, -0.2) is 16.8 Å². The largest absolute Gasteiger partial charge is 0.493 e. The lowest BCUT2D eigenvalue weighted by molar-refractivity contribution is 0.358. The van der Waals surface area contributed by atoms with Crippen LogP contribution < -0.4 is 4.74 Å². The molecule has 7 heteroatoms. The van der Waals surface area contributed by atoms with E-state index in [0.717, 1.165) is 3.97 Å². The Morgan fingerprint density at radius 3 is 2.44 bits per heavy atom. The first-order valence-corrected chi connectivity index (χ1v) is 9.12. The van der Waals surface area contributed by atoms with Crippen LogP contribution in [0.25, 0.3) is 10.9 Å². The van der Waals surface area contributed by atoms with E-state index in [9.17, 15) is 12.8 Å². The summed E-state index contributed by atoms with van der Waals surface area (Å²) < 4.78 is 46.7. The van der Waals surface area contributed by atoms with Crippen molar-refractivity contribution < 1.29 is 17.5 Å². The number of aromatic nitrogens is 1. The third kappa shape index (κ3) is 3.01. The molecule has 3 aromatic rings. The average Bonchev–Trinajstić information content (AvgIpc) is 2.99. The monoisotopic (exact) mass is 362 g/mol. The molecule has 2 aromatic carbocycles. The summed E-state index contributed by atoms with van der Waals surface area (Å²) in [6.45, 7) is 0.423. The van der Waals surface area contributed by atoms with Crippen LogP contribution in [0.3, 0.4) is 0 Å². The van der Waals surface area contributed by atoms with Crippen LogP contribution in [0.15, 0.2) is 53.6 Å². The van der Waals surface area contributed by atoms with Gasteiger partial charge in [0.25, 0.3) is 10.0 Å². The minimum atomic E-state index is -3.81. The SMILES string of the molecule is COc1c(F)cc2c(ccn2S(=O)(=O)c2ccccc2)c1CN(C)C. The van der Waals surface area contributed by atoms with E-state index in [1.165, 1.54) is 31.5 Å². The topological polar surface area (TPSA) is 51.5 Å². The van der Waals surface area contributed by atoms with Crippen molar-refractivity contribution in [2.75, 3.05) is 21.2 Å². The Labute approximate surface area is 146 Å². The first kappa shape index (κ1) is 17.4. The Balaban J connectivity index is 2.28.